The van der Waals surface area contributed by atoms with Crippen LogP contribution in [0.5, 0.6) is 0 Å². The van der Waals surface area contributed by atoms with E-state index in [-0.39, 0.29) is 0 Å². The van der Waals surface area contributed by atoms with Gasteiger partial charge in [-0.2, -0.15) is 0 Å². The Kier molecular flexibility index (Phi) is 4.40. The summed E-state index contributed by atoms with van der Waals surface area (Å²) in [6.07, 6.45) is 2.59. The van der Waals surface area contributed by atoms with Crippen LogP contribution in [0.25, 0.3) is 0 Å². The lowest BCUT2D eigenvalue weighted by molar-refractivity contribution is 0.213. The molecule has 1 unspecified atom stereocenters. The summed E-state index contributed by atoms with van der Waals surface area (Å²) >= 11 is 5.97. The summed E-state index contributed by atoms with van der Waals surface area (Å²) in [5.41, 5.74) is 0. The maximum absolute atomic E-state index is 5.97. The Bertz CT molecular complexity index is 390. The van der Waals surface area contributed by atoms with Gasteiger partial charge >= 0.3 is 0 Å². The molecule has 1 atom stereocenters. The van der Waals surface area contributed by atoms with Crippen molar-refractivity contribution in [2.75, 3.05) is 38.6 Å². The molecule has 0 aliphatic carbocycles. The molecule has 100 valence electrons. The van der Waals surface area contributed by atoms with E-state index in [0.717, 1.165) is 18.2 Å². The maximum Gasteiger partial charge on any atom is 0.134 e. The van der Waals surface area contributed by atoms with E-state index in [0.29, 0.717) is 11.1 Å². The van der Waals surface area contributed by atoms with Gasteiger partial charge in [0.15, 0.2) is 0 Å². The highest BCUT2D eigenvalue weighted by atomic mass is 35.5. The topological polar surface area (TPSA) is 32.3 Å². The molecule has 1 aromatic rings. The van der Waals surface area contributed by atoms with Crippen LogP contribution in [0.3, 0.4) is 0 Å². The minimum Gasteiger partial charge on any atom is -0.359 e. The molecule has 1 aliphatic rings. The Balaban J connectivity index is 2.00. The van der Waals surface area contributed by atoms with Gasteiger partial charge in [0.25, 0.3) is 0 Å². The number of halogens is 1. The zero-order chi connectivity index (χ0) is 13.1. The van der Waals surface area contributed by atoms with Crippen molar-refractivity contribution >= 4 is 17.4 Å². The summed E-state index contributed by atoms with van der Waals surface area (Å²) in [6.45, 7) is 5.29. The van der Waals surface area contributed by atoms with E-state index in [1.165, 1.54) is 25.9 Å². The van der Waals surface area contributed by atoms with Crippen LogP contribution in [0.15, 0.2) is 6.07 Å². The van der Waals surface area contributed by atoms with Gasteiger partial charge in [0, 0.05) is 26.2 Å². The van der Waals surface area contributed by atoms with E-state index in [1.807, 2.05) is 13.0 Å². The third-order valence-electron chi connectivity index (χ3n) is 3.44. The normalized spacial score (nSPS) is 21.0. The molecular formula is C13H21ClN4. The van der Waals surface area contributed by atoms with Crippen molar-refractivity contribution in [1.29, 1.82) is 0 Å². The quantitative estimate of drug-likeness (QED) is 0.787. The lowest BCUT2D eigenvalue weighted by Crippen LogP contribution is -2.38. The van der Waals surface area contributed by atoms with Crippen molar-refractivity contribution < 1.29 is 0 Å². The number of hydrogen-bond donors (Lipinski definition) is 0. The van der Waals surface area contributed by atoms with Crippen LogP contribution in [-0.4, -0.2) is 48.6 Å². The van der Waals surface area contributed by atoms with E-state index in [9.17, 15) is 0 Å². The summed E-state index contributed by atoms with van der Waals surface area (Å²) in [4.78, 5) is 13.1. The number of piperidine rings is 1. The third kappa shape index (κ3) is 3.56. The highest BCUT2D eigenvalue weighted by molar-refractivity contribution is 6.29. The third-order valence-corrected chi connectivity index (χ3v) is 3.63. The standard InChI is InChI=1S/C13H21ClN4/c1-10-15-12(14)7-13(16-10)18(3)9-11-5-4-6-17(2)8-11/h7,11H,4-6,8-9H2,1-3H3. The minimum absolute atomic E-state index is 0.519. The monoisotopic (exact) mass is 268 g/mol. The molecule has 2 heterocycles. The molecular weight excluding hydrogens is 248 g/mol. The molecule has 0 aromatic carbocycles. The molecule has 0 bridgehead atoms. The summed E-state index contributed by atoms with van der Waals surface area (Å²) in [5.74, 6) is 2.36. The Morgan fingerprint density at radius 1 is 1.50 bits per heavy atom. The molecule has 18 heavy (non-hydrogen) atoms. The first-order valence-electron chi connectivity index (χ1n) is 6.45. The van der Waals surface area contributed by atoms with Crippen LogP contribution < -0.4 is 4.90 Å². The number of likely N-dealkylation sites (tertiary alicyclic amines) is 1. The van der Waals surface area contributed by atoms with Crippen LogP contribution in [0.1, 0.15) is 18.7 Å². The van der Waals surface area contributed by atoms with Crippen molar-refractivity contribution in [3.63, 3.8) is 0 Å². The smallest absolute Gasteiger partial charge is 0.134 e. The largest absolute Gasteiger partial charge is 0.359 e. The Hall–Kier alpha value is -0.870. The molecule has 1 aliphatic heterocycles. The van der Waals surface area contributed by atoms with Crippen molar-refractivity contribution in [3.8, 4) is 0 Å². The summed E-state index contributed by atoms with van der Waals surface area (Å²) in [7, 11) is 4.27. The van der Waals surface area contributed by atoms with Crippen LogP contribution in [0, 0.1) is 12.8 Å². The van der Waals surface area contributed by atoms with Crippen LogP contribution in [0.4, 0.5) is 5.82 Å². The molecule has 1 aromatic heterocycles. The zero-order valence-corrected chi connectivity index (χ0v) is 12.1. The second-order valence-electron chi connectivity index (χ2n) is 5.25. The number of aryl methyl sites for hydroxylation is 1. The van der Waals surface area contributed by atoms with Gasteiger partial charge in [0.05, 0.1) is 0 Å². The molecule has 2 rings (SSSR count). The van der Waals surface area contributed by atoms with E-state index < -0.39 is 0 Å². The Morgan fingerprint density at radius 2 is 2.28 bits per heavy atom. The predicted molar refractivity (Wildman–Crippen MR) is 75.3 cm³/mol. The van der Waals surface area contributed by atoms with Gasteiger partial charge in [-0.15, -0.1) is 0 Å². The van der Waals surface area contributed by atoms with Crippen LogP contribution in [-0.2, 0) is 0 Å². The number of hydrogen-bond acceptors (Lipinski definition) is 4. The Morgan fingerprint density at radius 3 is 2.94 bits per heavy atom. The van der Waals surface area contributed by atoms with Gasteiger partial charge in [0.2, 0.25) is 0 Å². The first kappa shape index (κ1) is 13.6. The molecule has 4 nitrogen and oxygen atoms in total. The van der Waals surface area contributed by atoms with E-state index in [2.05, 4.69) is 33.9 Å². The fraction of sp³-hybridized carbons (Fsp3) is 0.692. The van der Waals surface area contributed by atoms with Gasteiger partial charge < -0.3 is 9.80 Å². The molecule has 0 radical (unpaired) electrons. The summed E-state index contributed by atoms with van der Waals surface area (Å²) in [5, 5.41) is 0.519. The van der Waals surface area contributed by atoms with Crippen LogP contribution in [0.2, 0.25) is 5.15 Å². The van der Waals surface area contributed by atoms with Crippen molar-refractivity contribution in [2.24, 2.45) is 5.92 Å². The molecule has 5 heteroatoms. The molecule has 0 amide bonds. The van der Waals surface area contributed by atoms with Crippen molar-refractivity contribution in [2.45, 2.75) is 19.8 Å². The number of aromatic nitrogens is 2. The van der Waals surface area contributed by atoms with Gasteiger partial charge in [0.1, 0.15) is 16.8 Å². The highest BCUT2D eigenvalue weighted by Gasteiger charge is 2.19. The predicted octanol–water partition coefficient (Wildman–Crippen LogP) is 2.22. The number of rotatable bonds is 3. The van der Waals surface area contributed by atoms with Gasteiger partial charge in [-0.3, -0.25) is 0 Å². The van der Waals surface area contributed by atoms with Crippen molar-refractivity contribution in [1.82, 2.24) is 14.9 Å². The fourth-order valence-corrected chi connectivity index (χ4v) is 2.83. The van der Waals surface area contributed by atoms with Gasteiger partial charge in [-0.1, -0.05) is 11.6 Å². The van der Waals surface area contributed by atoms with Crippen molar-refractivity contribution in [3.05, 3.63) is 17.0 Å². The summed E-state index contributed by atoms with van der Waals surface area (Å²) in [6, 6.07) is 1.83. The van der Waals surface area contributed by atoms with Gasteiger partial charge in [-0.05, 0) is 39.3 Å². The molecule has 0 spiro atoms. The minimum atomic E-state index is 0.519. The maximum atomic E-state index is 5.97. The average Bonchev–Trinajstić information content (AvgIpc) is 2.27. The lowest BCUT2D eigenvalue weighted by Gasteiger charge is -2.32. The summed E-state index contributed by atoms with van der Waals surface area (Å²) < 4.78 is 0. The zero-order valence-electron chi connectivity index (χ0n) is 11.4. The van der Waals surface area contributed by atoms with E-state index >= 15 is 0 Å². The first-order valence-corrected chi connectivity index (χ1v) is 6.83. The first-order chi connectivity index (χ1) is 8.54. The molecule has 1 saturated heterocycles. The van der Waals surface area contributed by atoms with E-state index in [4.69, 9.17) is 11.6 Å². The Labute approximate surface area is 114 Å². The second-order valence-corrected chi connectivity index (χ2v) is 5.63. The molecule has 0 N–H and O–H groups in total. The number of anilines is 1. The fourth-order valence-electron chi connectivity index (χ4n) is 2.62. The number of nitrogens with zero attached hydrogens (tertiary/aromatic N) is 4. The molecule has 0 saturated carbocycles. The van der Waals surface area contributed by atoms with Gasteiger partial charge in [-0.25, -0.2) is 9.97 Å². The lowest BCUT2D eigenvalue weighted by atomic mass is 9.98. The second kappa shape index (κ2) is 5.85. The van der Waals surface area contributed by atoms with E-state index in [1.54, 1.807) is 0 Å². The SMILES string of the molecule is Cc1nc(Cl)cc(N(C)CC2CCCN(C)C2)n1. The highest BCUT2D eigenvalue weighted by Crippen LogP contribution is 2.20. The van der Waals surface area contributed by atoms with Crippen LogP contribution >= 0.6 is 11.6 Å². The molecule has 1 fully saturated rings. The average molecular weight is 269 g/mol.